The molecule has 1 unspecified atom stereocenters. The number of phenols is 1. The normalized spacial score (nSPS) is 12.8. The molecule has 0 amide bonds. The number of phenolic OH excluding ortho intramolecular Hbond substituents is 1. The molecule has 184 valence electrons. The molecule has 1 atom stereocenters. The molecule has 0 radical (unpaired) electrons. The predicted octanol–water partition coefficient (Wildman–Crippen LogP) is 1.69. The van der Waals surface area contributed by atoms with Crippen LogP contribution in [0.5, 0.6) is 23.0 Å². The summed E-state index contributed by atoms with van der Waals surface area (Å²) >= 11 is 0. The van der Waals surface area contributed by atoms with Crippen LogP contribution in [0.3, 0.4) is 0 Å². The number of aromatic hydroxyl groups is 1. The molecule has 2 rings (SSSR count). The van der Waals surface area contributed by atoms with Crippen LogP contribution in [0.2, 0.25) is 0 Å². The minimum absolute atomic E-state index is 0.0204. The first-order valence-corrected chi connectivity index (χ1v) is 12.9. The Hall–Kier alpha value is -2.74. The number of nitrogens with two attached hydrogens (primary N) is 1. The summed E-state index contributed by atoms with van der Waals surface area (Å²) in [4.78, 5) is 0. The Balaban J connectivity index is 2.33. The molecular weight excluding hydrogens is 478 g/mol. The molecule has 0 aliphatic rings. The van der Waals surface area contributed by atoms with Gasteiger partial charge in [-0.05, 0) is 36.6 Å². The fourth-order valence-electron chi connectivity index (χ4n) is 3.24. The standard InChI is InChI=1S/C20H27NO10S2/c1-29-17-7-3-6-14(19(17)22)11-15(12-33(26,27)28)31-20-16(21)9-13(10-18(20)30-2)5-4-8-32(23,24)25/h3,6-7,9-10,15,22H,4-5,8,11-12,21H2,1-2H3,(H,23,24,25)(H,26,27,28). The van der Waals surface area contributed by atoms with Crippen molar-refractivity contribution >= 4 is 25.9 Å². The first-order chi connectivity index (χ1) is 15.3. The Morgan fingerprint density at radius 3 is 2.24 bits per heavy atom. The van der Waals surface area contributed by atoms with Crippen molar-refractivity contribution in [2.75, 3.05) is 31.5 Å². The molecule has 0 heterocycles. The lowest BCUT2D eigenvalue weighted by Gasteiger charge is -2.22. The van der Waals surface area contributed by atoms with Gasteiger partial charge < -0.3 is 25.1 Å². The number of hydrogen-bond acceptors (Lipinski definition) is 9. The molecule has 0 saturated heterocycles. The summed E-state index contributed by atoms with van der Waals surface area (Å²) in [5.74, 6) is -1.04. The van der Waals surface area contributed by atoms with Crippen LogP contribution in [0.4, 0.5) is 5.69 Å². The lowest BCUT2D eigenvalue weighted by Crippen LogP contribution is -2.29. The van der Waals surface area contributed by atoms with Crippen LogP contribution in [-0.2, 0) is 33.1 Å². The molecule has 33 heavy (non-hydrogen) atoms. The second kappa shape index (κ2) is 10.9. The molecule has 13 heteroatoms. The Morgan fingerprint density at radius 1 is 1.00 bits per heavy atom. The van der Waals surface area contributed by atoms with Crippen LogP contribution < -0.4 is 19.9 Å². The summed E-state index contributed by atoms with van der Waals surface area (Å²) in [6, 6.07) is 7.74. The molecule has 0 aliphatic heterocycles. The molecule has 0 saturated carbocycles. The SMILES string of the molecule is COc1cccc(CC(CS(=O)(=O)O)Oc2c(N)cc(CCCS(=O)(=O)O)cc2OC)c1O. The first kappa shape index (κ1) is 26.5. The topological polar surface area (TPSA) is 183 Å². The van der Waals surface area contributed by atoms with Crippen molar-refractivity contribution < 1.29 is 45.3 Å². The largest absolute Gasteiger partial charge is 0.504 e. The van der Waals surface area contributed by atoms with E-state index in [9.17, 15) is 26.5 Å². The van der Waals surface area contributed by atoms with Gasteiger partial charge in [0.2, 0.25) is 0 Å². The number of anilines is 1. The van der Waals surface area contributed by atoms with Crippen molar-refractivity contribution in [3.63, 3.8) is 0 Å². The van der Waals surface area contributed by atoms with Gasteiger partial charge in [0.05, 0.1) is 25.7 Å². The van der Waals surface area contributed by atoms with Crippen molar-refractivity contribution in [1.29, 1.82) is 0 Å². The highest BCUT2D eigenvalue weighted by atomic mass is 32.2. The highest BCUT2D eigenvalue weighted by molar-refractivity contribution is 7.86. The zero-order chi connectivity index (χ0) is 24.8. The zero-order valence-electron chi connectivity index (χ0n) is 18.1. The molecular formula is C20H27NO10S2. The quantitative estimate of drug-likeness (QED) is 0.243. The van der Waals surface area contributed by atoms with Gasteiger partial charge in [0, 0.05) is 12.0 Å². The van der Waals surface area contributed by atoms with Crippen LogP contribution in [0.25, 0.3) is 0 Å². The second-order valence-corrected chi connectivity index (χ2v) is 10.3. The number of aryl methyl sites for hydroxylation is 1. The zero-order valence-corrected chi connectivity index (χ0v) is 19.7. The molecule has 0 spiro atoms. The Bertz CT molecular complexity index is 1180. The lowest BCUT2D eigenvalue weighted by molar-refractivity contribution is 0.211. The van der Waals surface area contributed by atoms with Gasteiger partial charge in [-0.2, -0.15) is 16.8 Å². The summed E-state index contributed by atoms with van der Waals surface area (Å²) in [5.41, 5.74) is 7.10. The van der Waals surface area contributed by atoms with E-state index in [1.165, 1.54) is 26.4 Å². The minimum atomic E-state index is -4.46. The third kappa shape index (κ3) is 8.28. The van der Waals surface area contributed by atoms with Gasteiger partial charge in [-0.15, -0.1) is 0 Å². The van der Waals surface area contributed by atoms with Crippen LogP contribution in [0.1, 0.15) is 17.5 Å². The van der Waals surface area contributed by atoms with Gasteiger partial charge in [0.1, 0.15) is 11.9 Å². The van der Waals surface area contributed by atoms with E-state index in [0.29, 0.717) is 11.1 Å². The van der Waals surface area contributed by atoms with E-state index in [4.69, 9.17) is 24.5 Å². The van der Waals surface area contributed by atoms with Gasteiger partial charge in [0.15, 0.2) is 23.0 Å². The Labute approximate surface area is 192 Å². The molecule has 2 aromatic carbocycles. The maximum atomic E-state index is 11.6. The van der Waals surface area contributed by atoms with Gasteiger partial charge in [-0.1, -0.05) is 12.1 Å². The van der Waals surface area contributed by atoms with Gasteiger partial charge in [-0.25, -0.2) is 0 Å². The van der Waals surface area contributed by atoms with E-state index >= 15 is 0 Å². The van der Waals surface area contributed by atoms with Crippen molar-refractivity contribution in [2.24, 2.45) is 0 Å². The molecule has 0 fully saturated rings. The first-order valence-electron chi connectivity index (χ1n) is 9.71. The number of ether oxygens (including phenoxy) is 3. The Morgan fingerprint density at radius 2 is 1.67 bits per heavy atom. The van der Waals surface area contributed by atoms with Crippen LogP contribution in [0, 0.1) is 0 Å². The maximum Gasteiger partial charge on any atom is 0.268 e. The van der Waals surface area contributed by atoms with E-state index in [2.05, 4.69) is 0 Å². The van der Waals surface area contributed by atoms with E-state index in [1.54, 1.807) is 18.2 Å². The predicted molar refractivity (Wildman–Crippen MR) is 121 cm³/mol. The Kier molecular flexibility index (Phi) is 8.77. The van der Waals surface area contributed by atoms with Crippen LogP contribution >= 0.6 is 0 Å². The molecule has 0 bridgehead atoms. The van der Waals surface area contributed by atoms with Gasteiger partial charge in [0.25, 0.3) is 20.2 Å². The number of rotatable bonds is 12. The fourth-order valence-corrected chi connectivity index (χ4v) is 4.41. The van der Waals surface area contributed by atoms with Crippen molar-refractivity contribution in [3.8, 4) is 23.0 Å². The highest BCUT2D eigenvalue weighted by Gasteiger charge is 2.24. The number of methoxy groups -OCH3 is 2. The van der Waals surface area contributed by atoms with E-state index in [0.717, 1.165) is 0 Å². The number of hydrogen-bond donors (Lipinski definition) is 4. The van der Waals surface area contributed by atoms with Crippen LogP contribution in [0.15, 0.2) is 30.3 Å². The molecule has 11 nitrogen and oxygen atoms in total. The molecule has 0 aromatic heterocycles. The van der Waals surface area contributed by atoms with E-state index in [1.807, 2.05) is 0 Å². The third-order valence-corrected chi connectivity index (χ3v) is 6.26. The van der Waals surface area contributed by atoms with Crippen molar-refractivity contribution in [2.45, 2.75) is 25.4 Å². The smallest absolute Gasteiger partial charge is 0.268 e. The minimum Gasteiger partial charge on any atom is -0.504 e. The third-order valence-electron chi connectivity index (χ3n) is 4.66. The maximum absolute atomic E-state index is 11.6. The summed E-state index contributed by atoms with van der Waals surface area (Å²) in [5, 5.41) is 10.3. The monoisotopic (exact) mass is 505 g/mol. The van der Waals surface area contributed by atoms with Crippen molar-refractivity contribution in [3.05, 3.63) is 41.5 Å². The number of benzene rings is 2. The van der Waals surface area contributed by atoms with E-state index < -0.39 is 37.8 Å². The van der Waals surface area contributed by atoms with E-state index in [-0.39, 0.29) is 47.9 Å². The van der Waals surface area contributed by atoms with Crippen LogP contribution in [-0.4, -0.2) is 62.9 Å². The highest BCUT2D eigenvalue weighted by Crippen LogP contribution is 2.37. The number of para-hydroxylation sites is 1. The molecule has 2 aromatic rings. The fraction of sp³-hybridized carbons (Fsp3) is 0.400. The summed E-state index contributed by atoms with van der Waals surface area (Å²) < 4.78 is 79.4. The summed E-state index contributed by atoms with van der Waals surface area (Å²) in [7, 11) is -5.84. The summed E-state index contributed by atoms with van der Waals surface area (Å²) in [6.45, 7) is 0. The average Bonchev–Trinajstić information content (AvgIpc) is 2.69. The van der Waals surface area contributed by atoms with Gasteiger partial charge in [-0.3, -0.25) is 9.11 Å². The van der Waals surface area contributed by atoms with Crippen molar-refractivity contribution in [1.82, 2.24) is 0 Å². The molecule has 0 aliphatic carbocycles. The lowest BCUT2D eigenvalue weighted by atomic mass is 10.1. The van der Waals surface area contributed by atoms with Gasteiger partial charge >= 0.3 is 0 Å². The number of nitrogen functional groups attached to an aromatic ring is 1. The second-order valence-electron chi connectivity index (χ2n) is 7.27. The average molecular weight is 506 g/mol. The summed E-state index contributed by atoms with van der Waals surface area (Å²) in [6.07, 6.45) is -0.851. The molecule has 5 N–H and O–H groups in total.